The van der Waals surface area contributed by atoms with E-state index in [0.717, 1.165) is 5.56 Å². The number of para-hydroxylation sites is 1. The quantitative estimate of drug-likeness (QED) is 0.569. The molecule has 2 aromatic carbocycles. The van der Waals surface area contributed by atoms with Crippen molar-refractivity contribution in [2.75, 3.05) is 0 Å². The van der Waals surface area contributed by atoms with E-state index in [1.165, 1.54) is 18.2 Å². The van der Waals surface area contributed by atoms with Gasteiger partial charge in [-0.1, -0.05) is 24.3 Å². The zero-order chi connectivity index (χ0) is 14.1. The molecule has 5 heteroatoms. The lowest BCUT2D eigenvalue weighted by atomic mass is 10.0. The number of hydrogen-bond acceptors (Lipinski definition) is 3. The van der Waals surface area contributed by atoms with E-state index < -0.39 is 11.9 Å². The van der Waals surface area contributed by atoms with E-state index in [-0.39, 0.29) is 11.4 Å². The number of benzene rings is 2. The zero-order valence-corrected chi connectivity index (χ0v) is 10.4. The first-order valence-corrected chi connectivity index (χ1v) is 6.08. The Bertz CT molecular complexity index is 737. The highest BCUT2D eigenvalue weighted by Crippen LogP contribution is 2.29. The number of furan rings is 1. The second-order valence-electron chi connectivity index (χ2n) is 4.46. The van der Waals surface area contributed by atoms with E-state index in [4.69, 9.17) is 10.3 Å². The normalized spacial score (nSPS) is 12.8. The molecule has 3 nitrogen and oxygen atoms in total. The van der Waals surface area contributed by atoms with Crippen molar-refractivity contribution in [2.24, 2.45) is 5.84 Å². The first kappa shape index (κ1) is 12.8. The number of halogens is 2. The maximum Gasteiger partial charge on any atom is 0.169 e. The van der Waals surface area contributed by atoms with Crippen molar-refractivity contribution in [1.82, 2.24) is 5.43 Å². The molecule has 3 N–H and O–H groups in total. The van der Waals surface area contributed by atoms with Crippen molar-refractivity contribution >= 4 is 11.0 Å². The predicted molar refractivity (Wildman–Crippen MR) is 71.7 cm³/mol. The number of hydrazine groups is 1. The van der Waals surface area contributed by atoms with Gasteiger partial charge in [0.1, 0.15) is 17.6 Å². The highest BCUT2D eigenvalue weighted by atomic mass is 19.1. The molecule has 3 rings (SSSR count). The number of nitrogens with two attached hydrogens (primary N) is 1. The minimum absolute atomic E-state index is 0.185. The van der Waals surface area contributed by atoms with Gasteiger partial charge in [0.05, 0.1) is 0 Å². The van der Waals surface area contributed by atoms with Gasteiger partial charge in [-0.3, -0.25) is 5.84 Å². The Balaban J connectivity index is 2.07. The molecule has 1 heterocycles. The van der Waals surface area contributed by atoms with Gasteiger partial charge in [0.2, 0.25) is 0 Å². The van der Waals surface area contributed by atoms with Crippen LogP contribution in [0.4, 0.5) is 8.78 Å². The molecule has 0 spiro atoms. The van der Waals surface area contributed by atoms with Crippen LogP contribution in [-0.4, -0.2) is 0 Å². The molecule has 1 atom stereocenters. The Morgan fingerprint density at radius 2 is 1.80 bits per heavy atom. The molecule has 0 aliphatic heterocycles. The summed E-state index contributed by atoms with van der Waals surface area (Å²) in [6.07, 6.45) is 0. The number of rotatable bonds is 3. The fourth-order valence-corrected chi connectivity index (χ4v) is 2.19. The Labute approximate surface area is 114 Å². The lowest BCUT2D eigenvalue weighted by molar-refractivity contribution is 0.464. The standard InChI is InChI=1S/C15H12F2N2O/c16-11-6-4-9(5-7-11)14(19-18)13-8-10-2-1-3-12(17)15(10)20-13/h1-8,14,19H,18H2. The van der Waals surface area contributed by atoms with E-state index in [9.17, 15) is 8.78 Å². The topological polar surface area (TPSA) is 51.2 Å². The SMILES string of the molecule is NNC(c1ccc(F)cc1)c1cc2cccc(F)c2o1. The summed E-state index contributed by atoms with van der Waals surface area (Å²) in [6.45, 7) is 0. The maximum absolute atomic E-state index is 13.6. The van der Waals surface area contributed by atoms with Gasteiger partial charge in [0.25, 0.3) is 0 Å². The summed E-state index contributed by atoms with van der Waals surface area (Å²) in [5.41, 5.74) is 3.51. The van der Waals surface area contributed by atoms with E-state index in [1.54, 1.807) is 30.3 Å². The van der Waals surface area contributed by atoms with E-state index in [2.05, 4.69) is 5.43 Å². The minimum atomic E-state index is -0.470. The zero-order valence-electron chi connectivity index (χ0n) is 10.4. The van der Waals surface area contributed by atoms with Crippen molar-refractivity contribution in [3.63, 3.8) is 0 Å². The van der Waals surface area contributed by atoms with Gasteiger partial charge >= 0.3 is 0 Å². The van der Waals surface area contributed by atoms with Crippen molar-refractivity contribution in [3.05, 3.63) is 71.5 Å². The molecule has 0 aliphatic carbocycles. The van der Waals surface area contributed by atoms with Crippen LogP contribution in [0.15, 0.2) is 52.9 Å². The molecule has 0 amide bonds. The van der Waals surface area contributed by atoms with E-state index in [1.807, 2.05) is 0 Å². The monoisotopic (exact) mass is 274 g/mol. The predicted octanol–water partition coefficient (Wildman–Crippen LogP) is 3.26. The van der Waals surface area contributed by atoms with E-state index in [0.29, 0.717) is 11.1 Å². The summed E-state index contributed by atoms with van der Waals surface area (Å²) >= 11 is 0. The summed E-state index contributed by atoms with van der Waals surface area (Å²) < 4.78 is 32.1. The molecule has 102 valence electrons. The molecule has 0 radical (unpaired) electrons. The van der Waals surface area contributed by atoms with Gasteiger partial charge in [-0.05, 0) is 29.8 Å². The molecule has 0 fully saturated rings. The van der Waals surface area contributed by atoms with Crippen LogP contribution in [0.1, 0.15) is 17.4 Å². The third kappa shape index (κ3) is 2.17. The Kier molecular flexibility index (Phi) is 3.22. The van der Waals surface area contributed by atoms with Crippen LogP contribution in [0.2, 0.25) is 0 Å². The van der Waals surface area contributed by atoms with Crippen LogP contribution in [0.5, 0.6) is 0 Å². The first-order chi connectivity index (χ1) is 9.69. The molecule has 0 saturated heterocycles. The fraction of sp³-hybridized carbons (Fsp3) is 0.0667. The van der Waals surface area contributed by atoms with Crippen LogP contribution in [-0.2, 0) is 0 Å². The van der Waals surface area contributed by atoms with Crippen molar-refractivity contribution in [3.8, 4) is 0 Å². The Morgan fingerprint density at radius 3 is 2.45 bits per heavy atom. The van der Waals surface area contributed by atoms with Crippen molar-refractivity contribution in [2.45, 2.75) is 6.04 Å². The lowest BCUT2D eigenvalue weighted by Gasteiger charge is -2.13. The lowest BCUT2D eigenvalue weighted by Crippen LogP contribution is -2.28. The minimum Gasteiger partial charge on any atom is -0.456 e. The molecule has 20 heavy (non-hydrogen) atoms. The van der Waals surface area contributed by atoms with Gasteiger partial charge in [-0.15, -0.1) is 0 Å². The van der Waals surface area contributed by atoms with Gasteiger partial charge in [-0.25, -0.2) is 14.2 Å². The number of fused-ring (bicyclic) bond motifs is 1. The molecular weight excluding hydrogens is 262 g/mol. The summed E-state index contributed by atoms with van der Waals surface area (Å²) in [7, 11) is 0. The largest absolute Gasteiger partial charge is 0.456 e. The van der Waals surface area contributed by atoms with Crippen LogP contribution >= 0.6 is 0 Å². The smallest absolute Gasteiger partial charge is 0.169 e. The second-order valence-corrected chi connectivity index (χ2v) is 4.46. The van der Waals surface area contributed by atoms with Crippen LogP contribution < -0.4 is 11.3 Å². The average molecular weight is 274 g/mol. The average Bonchev–Trinajstić information content (AvgIpc) is 2.87. The van der Waals surface area contributed by atoms with Crippen molar-refractivity contribution in [1.29, 1.82) is 0 Å². The Hall–Kier alpha value is -2.24. The van der Waals surface area contributed by atoms with Gasteiger partial charge in [-0.2, -0.15) is 0 Å². The maximum atomic E-state index is 13.6. The fourth-order valence-electron chi connectivity index (χ4n) is 2.19. The Morgan fingerprint density at radius 1 is 1.05 bits per heavy atom. The molecule has 0 saturated carbocycles. The molecule has 1 unspecified atom stereocenters. The number of nitrogens with one attached hydrogen (secondary N) is 1. The van der Waals surface area contributed by atoms with Gasteiger partial charge < -0.3 is 4.42 Å². The number of hydrogen-bond donors (Lipinski definition) is 2. The molecule has 1 aromatic heterocycles. The molecule has 0 bridgehead atoms. The van der Waals surface area contributed by atoms with Gasteiger partial charge in [0, 0.05) is 5.39 Å². The summed E-state index contributed by atoms with van der Waals surface area (Å²) in [6, 6.07) is 11.8. The highest BCUT2D eigenvalue weighted by Gasteiger charge is 2.18. The highest BCUT2D eigenvalue weighted by molar-refractivity contribution is 5.78. The van der Waals surface area contributed by atoms with Crippen LogP contribution in [0.25, 0.3) is 11.0 Å². The molecule has 0 aliphatic rings. The van der Waals surface area contributed by atoms with Crippen molar-refractivity contribution < 1.29 is 13.2 Å². The summed E-state index contributed by atoms with van der Waals surface area (Å²) in [5, 5.41) is 0.655. The third-order valence-electron chi connectivity index (χ3n) is 3.17. The third-order valence-corrected chi connectivity index (χ3v) is 3.17. The molecular formula is C15H12F2N2O. The first-order valence-electron chi connectivity index (χ1n) is 6.08. The van der Waals surface area contributed by atoms with Gasteiger partial charge in [0.15, 0.2) is 11.4 Å². The van der Waals surface area contributed by atoms with E-state index >= 15 is 0 Å². The summed E-state index contributed by atoms with van der Waals surface area (Å²) in [4.78, 5) is 0. The molecule has 3 aromatic rings. The second kappa shape index (κ2) is 5.03. The summed E-state index contributed by atoms with van der Waals surface area (Å²) in [5.74, 6) is 5.25. The van der Waals surface area contributed by atoms with Crippen LogP contribution in [0.3, 0.4) is 0 Å². The van der Waals surface area contributed by atoms with Crippen LogP contribution in [0, 0.1) is 11.6 Å².